The van der Waals surface area contributed by atoms with Crippen molar-refractivity contribution in [3.63, 3.8) is 0 Å². The lowest BCUT2D eigenvalue weighted by atomic mass is 10.1. The lowest BCUT2D eigenvalue weighted by molar-refractivity contribution is 0.624. The lowest BCUT2D eigenvalue weighted by Crippen LogP contribution is -2.11. The number of rotatable bonds is 4. The molecule has 0 saturated carbocycles. The van der Waals surface area contributed by atoms with E-state index in [1.165, 1.54) is 6.07 Å². The van der Waals surface area contributed by atoms with Gasteiger partial charge in [0.15, 0.2) is 0 Å². The SMILES string of the molecule is CSCCC(N)c1ccc(F)c(Cl)c1. The second kappa shape index (κ2) is 5.59. The number of halogens is 2. The molecule has 0 amide bonds. The van der Waals surface area contributed by atoms with Gasteiger partial charge in [-0.1, -0.05) is 17.7 Å². The standard InChI is InChI=1S/C10H13ClFNS/c1-14-5-4-10(13)7-2-3-9(12)8(11)6-7/h2-3,6,10H,4-5,13H2,1H3. The normalized spacial score (nSPS) is 12.9. The first-order chi connectivity index (χ1) is 6.65. The molecule has 78 valence electrons. The van der Waals surface area contributed by atoms with Crippen LogP contribution in [0.1, 0.15) is 18.0 Å². The minimum absolute atomic E-state index is 0.0550. The van der Waals surface area contributed by atoms with Crippen molar-refractivity contribution in [2.45, 2.75) is 12.5 Å². The van der Waals surface area contributed by atoms with Crippen molar-refractivity contribution in [2.24, 2.45) is 5.73 Å². The third kappa shape index (κ3) is 3.15. The molecule has 1 nitrogen and oxygen atoms in total. The molecule has 0 aliphatic heterocycles. The topological polar surface area (TPSA) is 26.0 Å². The van der Waals surface area contributed by atoms with Gasteiger partial charge in [0.1, 0.15) is 5.82 Å². The molecule has 1 atom stereocenters. The second-order valence-corrected chi connectivity index (χ2v) is 4.45. The van der Waals surface area contributed by atoms with Gasteiger partial charge in [-0.05, 0) is 36.1 Å². The smallest absolute Gasteiger partial charge is 0.141 e. The van der Waals surface area contributed by atoms with Crippen LogP contribution in [0, 0.1) is 5.82 Å². The summed E-state index contributed by atoms with van der Waals surface area (Å²) in [5.74, 6) is 0.600. The van der Waals surface area contributed by atoms with Crippen LogP contribution in [-0.2, 0) is 0 Å². The highest BCUT2D eigenvalue weighted by molar-refractivity contribution is 7.98. The quantitative estimate of drug-likeness (QED) is 0.864. The molecule has 0 saturated heterocycles. The van der Waals surface area contributed by atoms with Crippen molar-refractivity contribution >= 4 is 23.4 Å². The van der Waals surface area contributed by atoms with Gasteiger partial charge in [-0.15, -0.1) is 0 Å². The fraction of sp³-hybridized carbons (Fsp3) is 0.400. The molecule has 0 aliphatic carbocycles. The number of hydrogen-bond acceptors (Lipinski definition) is 2. The van der Waals surface area contributed by atoms with Gasteiger partial charge in [-0.3, -0.25) is 0 Å². The van der Waals surface area contributed by atoms with Gasteiger partial charge in [0, 0.05) is 6.04 Å². The highest BCUT2D eigenvalue weighted by Crippen LogP contribution is 2.22. The first kappa shape index (κ1) is 11.8. The van der Waals surface area contributed by atoms with Crippen LogP contribution >= 0.6 is 23.4 Å². The van der Waals surface area contributed by atoms with Crippen LogP contribution in [0.4, 0.5) is 4.39 Å². The number of thioether (sulfide) groups is 1. The summed E-state index contributed by atoms with van der Waals surface area (Å²) in [5.41, 5.74) is 6.80. The fourth-order valence-corrected chi connectivity index (χ4v) is 1.83. The minimum Gasteiger partial charge on any atom is -0.324 e. The average Bonchev–Trinajstić information content (AvgIpc) is 2.18. The number of hydrogen-bond donors (Lipinski definition) is 1. The molecule has 0 radical (unpaired) electrons. The van der Waals surface area contributed by atoms with Crippen LogP contribution in [0.25, 0.3) is 0 Å². The minimum atomic E-state index is -0.396. The Bertz CT molecular complexity index is 306. The Balaban J connectivity index is 2.70. The van der Waals surface area contributed by atoms with Gasteiger partial charge in [-0.2, -0.15) is 11.8 Å². The monoisotopic (exact) mass is 233 g/mol. The van der Waals surface area contributed by atoms with Crippen molar-refractivity contribution in [3.05, 3.63) is 34.6 Å². The zero-order valence-electron chi connectivity index (χ0n) is 7.97. The van der Waals surface area contributed by atoms with Crippen molar-refractivity contribution in [1.82, 2.24) is 0 Å². The predicted molar refractivity (Wildman–Crippen MR) is 61.3 cm³/mol. The van der Waals surface area contributed by atoms with Crippen LogP contribution in [0.3, 0.4) is 0 Å². The Morgan fingerprint density at radius 2 is 2.29 bits per heavy atom. The highest BCUT2D eigenvalue weighted by atomic mass is 35.5. The Labute approximate surface area is 92.8 Å². The summed E-state index contributed by atoms with van der Waals surface area (Å²) in [6.07, 6.45) is 2.91. The van der Waals surface area contributed by atoms with E-state index in [9.17, 15) is 4.39 Å². The van der Waals surface area contributed by atoms with E-state index in [0.29, 0.717) is 0 Å². The highest BCUT2D eigenvalue weighted by Gasteiger charge is 2.07. The van der Waals surface area contributed by atoms with Gasteiger partial charge in [-0.25, -0.2) is 4.39 Å². The Kier molecular flexibility index (Phi) is 4.72. The second-order valence-electron chi connectivity index (χ2n) is 3.06. The molecule has 2 N–H and O–H groups in total. The van der Waals surface area contributed by atoms with E-state index < -0.39 is 5.82 Å². The van der Waals surface area contributed by atoms with Crippen molar-refractivity contribution < 1.29 is 4.39 Å². The Morgan fingerprint density at radius 3 is 2.86 bits per heavy atom. The molecule has 0 fully saturated rings. The van der Waals surface area contributed by atoms with E-state index in [1.807, 2.05) is 6.26 Å². The van der Waals surface area contributed by atoms with Crippen LogP contribution < -0.4 is 5.73 Å². The zero-order valence-corrected chi connectivity index (χ0v) is 9.54. The van der Waals surface area contributed by atoms with E-state index in [-0.39, 0.29) is 11.1 Å². The zero-order chi connectivity index (χ0) is 10.6. The van der Waals surface area contributed by atoms with Gasteiger partial charge in [0.2, 0.25) is 0 Å². The summed E-state index contributed by atoms with van der Waals surface area (Å²) in [6.45, 7) is 0. The van der Waals surface area contributed by atoms with Crippen LogP contribution in [0.2, 0.25) is 5.02 Å². The molecule has 0 aliphatic rings. The lowest BCUT2D eigenvalue weighted by Gasteiger charge is -2.11. The average molecular weight is 234 g/mol. The van der Waals surface area contributed by atoms with Gasteiger partial charge in [0.25, 0.3) is 0 Å². The first-order valence-corrected chi connectivity index (χ1v) is 6.11. The van der Waals surface area contributed by atoms with Crippen molar-refractivity contribution in [2.75, 3.05) is 12.0 Å². The van der Waals surface area contributed by atoms with E-state index in [1.54, 1.807) is 23.9 Å². The molecule has 1 aromatic carbocycles. The summed E-state index contributed by atoms with van der Waals surface area (Å²) >= 11 is 7.40. The molecule has 0 heterocycles. The summed E-state index contributed by atoms with van der Waals surface area (Å²) in [6, 6.07) is 4.59. The number of nitrogens with two attached hydrogens (primary N) is 1. The third-order valence-corrected chi connectivity index (χ3v) is 2.94. The molecule has 1 unspecified atom stereocenters. The maximum absolute atomic E-state index is 12.8. The van der Waals surface area contributed by atoms with Crippen molar-refractivity contribution in [1.29, 1.82) is 0 Å². The van der Waals surface area contributed by atoms with E-state index >= 15 is 0 Å². The van der Waals surface area contributed by atoms with E-state index in [4.69, 9.17) is 17.3 Å². The maximum atomic E-state index is 12.8. The van der Waals surface area contributed by atoms with Crippen molar-refractivity contribution in [3.8, 4) is 0 Å². The molecule has 1 rings (SSSR count). The van der Waals surface area contributed by atoms with Gasteiger partial charge in [0.05, 0.1) is 5.02 Å². The summed E-state index contributed by atoms with van der Waals surface area (Å²) < 4.78 is 12.8. The third-order valence-electron chi connectivity index (χ3n) is 2.00. The molecular formula is C10H13ClFNS. The van der Waals surface area contributed by atoms with Gasteiger partial charge < -0.3 is 5.73 Å². The molecule has 14 heavy (non-hydrogen) atoms. The van der Waals surface area contributed by atoms with E-state index in [2.05, 4.69) is 0 Å². The summed E-state index contributed by atoms with van der Waals surface area (Å²) in [5, 5.41) is 0.141. The Morgan fingerprint density at radius 1 is 1.57 bits per heavy atom. The van der Waals surface area contributed by atoms with E-state index in [0.717, 1.165) is 17.7 Å². The molecule has 0 spiro atoms. The molecule has 0 bridgehead atoms. The first-order valence-electron chi connectivity index (χ1n) is 4.34. The van der Waals surface area contributed by atoms with Crippen LogP contribution in [0.5, 0.6) is 0 Å². The fourth-order valence-electron chi connectivity index (χ4n) is 1.15. The molecule has 0 aromatic heterocycles. The summed E-state index contributed by atoms with van der Waals surface area (Å²) in [4.78, 5) is 0. The molecular weight excluding hydrogens is 221 g/mol. The van der Waals surface area contributed by atoms with Crippen LogP contribution in [-0.4, -0.2) is 12.0 Å². The Hall–Kier alpha value is -0.250. The van der Waals surface area contributed by atoms with Gasteiger partial charge >= 0.3 is 0 Å². The largest absolute Gasteiger partial charge is 0.324 e. The maximum Gasteiger partial charge on any atom is 0.141 e. The molecule has 4 heteroatoms. The predicted octanol–water partition coefficient (Wildman–Crippen LogP) is 3.23. The summed E-state index contributed by atoms with van der Waals surface area (Å²) in [7, 11) is 0. The number of benzene rings is 1. The van der Waals surface area contributed by atoms with Crippen LogP contribution in [0.15, 0.2) is 18.2 Å². The molecule has 1 aromatic rings.